The normalized spacial score (nSPS) is 10.4. The van der Waals surface area contributed by atoms with Crippen LogP contribution in [-0.4, -0.2) is 18.3 Å². The zero-order chi connectivity index (χ0) is 11.8. The molecule has 0 saturated carbocycles. The number of hydrogen-bond donors (Lipinski definition) is 1. The van der Waals surface area contributed by atoms with E-state index in [0.717, 1.165) is 37.0 Å². The van der Waals surface area contributed by atoms with E-state index in [2.05, 4.69) is 0 Å². The molecule has 0 amide bonds. The summed E-state index contributed by atoms with van der Waals surface area (Å²) in [6.07, 6.45) is 4.03. The Morgan fingerprint density at radius 2 is 1.94 bits per heavy atom. The Bertz CT molecular complexity index is 313. The molecule has 0 aromatic heterocycles. The first-order valence-corrected chi connectivity index (χ1v) is 6.11. The van der Waals surface area contributed by atoms with Gasteiger partial charge in [0, 0.05) is 6.61 Å². The molecule has 0 spiro atoms. The maximum Gasteiger partial charge on any atom is 0.138 e. The summed E-state index contributed by atoms with van der Waals surface area (Å²) < 4.78 is 5.60. The van der Waals surface area contributed by atoms with Crippen LogP contribution in [-0.2, 0) is 0 Å². The molecule has 1 aromatic carbocycles. The summed E-state index contributed by atoms with van der Waals surface area (Å²) in [5.41, 5.74) is 1.15. The molecule has 0 saturated heterocycles. The maximum absolute atomic E-state index is 8.62. The molecule has 2 nitrogen and oxygen atoms in total. The maximum atomic E-state index is 8.62. The minimum Gasteiger partial charge on any atom is -0.492 e. The molecule has 90 valence electrons. The van der Waals surface area contributed by atoms with Gasteiger partial charge >= 0.3 is 0 Å². The minimum atomic E-state index is 0.282. The second kappa shape index (κ2) is 7.53. The van der Waals surface area contributed by atoms with E-state index in [0.29, 0.717) is 11.6 Å². The number of aliphatic hydroxyl groups excluding tert-OH is 1. The van der Waals surface area contributed by atoms with Crippen LogP contribution < -0.4 is 4.74 Å². The van der Waals surface area contributed by atoms with Crippen LogP contribution in [0.2, 0.25) is 5.02 Å². The molecule has 0 aliphatic heterocycles. The van der Waals surface area contributed by atoms with Crippen LogP contribution >= 0.6 is 11.6 Å². The van der Waals surface area contributed by atoms with E-state index in [1.54, 1.807) is 0 Å². The fraction of sp³-hybridized carbons (Fsp3) is 0.538. The highest BCUT2D eigenvalue weighted by Crippen LogP contribution is 2.25. The molecule has 0 unspecified atom stereocenters. The highest BCUT2D eigenvalue weighted by Gasteiger charge is 2.01. The molecule has 16 heavy (non-hydrogen) atoms. The van der Waals surface area contributed by atoms with Crippen LogP contribution in [0.3, 0.4) is 0 Å². The number of hydrogen-bond acceptors (Lipinski definition) is 2. The monoisotopic (exact) mass is 242 g/mol. The number of unbranched alkanes of at least 4 members (excludes halogenated alkanes) is 3. The molecule has 0 aliphatic rings. The third-order valence-electron chi connectivity index (χ3n) is 2.40. The van der Waals surface area contributed by atoms with Crippen molar-refractivity contribution in [3.63, 3.8) is 0 Å². The molecule has 0 radical (unpaired) electrons. The summed E-state index contributed by atoms with van der Waals surface area (Å²) in [7, 11) is 0. The lowest BCUT2D eigenvalue weighted by Gasteiger charge is -2.08. The van der Waals surface area contributed by atoms with Gasteiger partial charge in [-0.1, -0.05) is 24.1 Å². The third-order valence-corrected chi connectivity index (χ3v) is 2.71. The Balaban J connectivity index is 2.23. The van der Waals surface area contributed by atoms with Crippen molar-refractivity contribution in [2.75, 3.05) is 13.2 Å². The van der Waals surface area contributed by atoms with Crippen LogP contribution in [0.25, 0.3) is 0 Å². The average molecular weight is 243 g/mol. The summed E-state index contributed by atoms with van der Waals surface area (Å²) in [6, 6.07) is 5.78. The Labute approximate surface area is 102 Å². The first-order chi connectivity index (χ1) is 7.74. The predicted molar refractivity (Wildman–Crippen MR) is 67.2 cm³/mol. The van der Waals surface area contributed by atoms with Gasteiger partial charge in [-0.25, -0.2) is 0 Å². The number of halogens is 1. The van der Waals surface area contributed by atoms with Gasteiger partial charge in [0.15, 0.2) is 0 Å². The molecule has 1 aromatic rings. The third kappa shape index (κ3) is 4.86. The van der Waals surface area contributed by atoms with E-state index in [9.17, 15) is 0 Å². The van der Waals surface area contributed by atoms with Gasteiger partial charge in [-0.3, -0.25) is 0 Å². The smallest absolute Gasteiger partial charge is 0.138 e. The van der Waals surface area contributed by atoms with Crippen LogP contribution in [0.4, 0.5) is 0 Å². The summed E-state index contributed by atoms with van der Waals surface area (Å²) in [5.74, 6) is 0.767. The van der Waals surface area contributed by atoms with Crippen molar-refractivity contribution in [3.8, 4) is 5.75 Å². The Kier molecular flexibility index (Phi) is 6.27. The summed E-state index contributed by atoms with van der Waals surface area (Å²) in [5, 5.41) is 9.29. The summed E-state index contributed by atoms with van der Waals surface area (Å²) in [6.45, 7) is 2.99. The molecule has 0 fully saturated rings. The average Bonchev–Trinajstić information content (AvgIpc) is 2.28. The zero-order valence-corrected chi connectivity index (χ0v) is 10.5. The molecule has 0 bridgehead atoms. The van der Waals surface area contributed by atoms with Gasteiger partial charge in [0.05, 0.1) is 11.6 Å². The van der Waals surface area contributed by atoms with Crippen LogP contribution in [0, 0.1) is 6.92 Å². The first-order valence-electron chi connectivity index (χ1n) is 5.74. The van der Waals surface area contributed by atoms with E-state index >= 15 is 0 Å². The van der Waals surface area contributed by atoms with E-state index in [1.807, 2.05) is 25.1 Å². The Hall–Kier alpha value is -0.730. The summed E-state index contributed by atoms with van der Waals surface area (Å²) >= 11 is 6.00. The van der Waals surface area contributed by atoms with Crippen molar-refractivity contribution in [3.05, 3.63) is 28.8 Å². The highest BCUT2D eigenvalue weighted by atomic mass is 35.5. The fourth-order valence-electron chi connectivity index (χ4n) is 1.47. The standard InChI is InChI=1S/C13H19ClO2/c1-11-6-7-12(14)13(10-11)16-9-5-3-2-4-8-15/h6-7,10,15H,2-5,8-9H2,1H3. The Morgan fingerprint density at radius 3 is 2.69 bits per heavy atom. The fourth-order valence-corrected chi connectivity index (χ4v) is 1.64. The van der Waals surface area contributed by atoms with E-state index in [4.69, 9.17) is 21.4 Å². The van der Waals surface area contributed by atoms with Crippen molar-refractivity contribution in [1.82, 2.24) is 0 Å². The topological polar surface area (TPSA) is 29.5 Å². The SMILES string of the molecule is Cc1ccc(Cl)c(OCCCCCCO)c1. The molecule has 1 rings (SSSR count). The summed E-state index contributed by atoms with van der Waals surface area (Å²) in [4.78, 5) is 0. The van der Waals surface area contributed by atoms with Gasteiger partial charge in [-0.2, -0.15) is 0 Å². The van der Waals surface area contributed by atoms with Gasteiger partial charge in [0.25, 0.3) is 0 Å². The van der Waals surface area contributed by atoms with Gasteiger partial charge in [-0.15, -0.1) is 0 Å². The van der Waals surface area contributed by atoms with Crippen LogP contribution in [0.15, 0.2) is 18.2 Å². The lowest BCUT2D eigenvalue weighted by molar-refractivity contribution is 0.273. The quantitative estimate of drug-likeness (QED) is 0.741. The van der Waals surface area contributed by atoms with Crippen molar-refractivity contribution in [2.24, 2.45) is 0 Å². The second-order valence-electron chi connectivity index (χ2n) is 3.92. The number of ether oxygens (including phenoxy) is 1. The van der Waals surface area contributed by atoms with Crippen molar-refractivity contribution >= 4 is 11.6 Å². The molecule has 1 N–H and O–H groups in total. The van der Waals surface area contributed by atoms with Crippen LogP contribution in [0.1, 0.15) is 31.2 Å². The van der Waals surface area contributed by atoms with Gasteiger partial charge in [0.1, 0.15) is 5.75 Å². The van der Waals surface area contributed by atoms with Crippen molar-refractivity contribution in [2.45, 2.75) is 32.6 Å². The lowest BCUT2D eigenvalue weighted by Crippen LogP contribution is -1.98. The van der Waals surface area contributed by atoms with E-state index < -0.39 is 0 Å². The number of rotatable bonds is 7. The number of aliphatic hydroxyl groups is 1. The molecular weight excluding hydrogens is 224 g/mol. The predicted octanol–water partition coefficient (Wildman–Crippen LogP) is 3.58. The number of benzene rings is 1. The van der Waals surface area contributed by atoms with Crippen molar-refractivity contribution in [1.29, 1.82) is 0 Å². The Morgan fingerprint density at radius 1 is 1.19 bits per heavy atom. The minimum absolute atomic E-state index is 0.282. The zero-order valence-electron chi connectivity index (χ0n) is 9.71. The largest absolute Gasteiger partial charge is 0.492 e. The first kappa shape index (κ1) is 13.3. The number of aryl methyl sites for hydroxylation is 1. The molecular formula is C13H19ClO2. The van der Waals surface area contributed by atoms with Gasteiger partial charge < -0.3 is 9.84 Å². The van der Waals surface area contributed by atoms with Gasteiger partial charge in [0.2, 0.25) is 0 Å². The highest BCUT2D eigenvalue weighted by molar-refractivity contribution is 6.32. The van der Waals surface area contributed by atoms with Crippen molar-refractivity contribution < 1.29 is 9.84 Å². The lowest BCUT2D eigenvalue weighted by atomic mass is 10.2. The van der Waals surface area contributed by atoms with E-state index in [1.165, 1.54) is 0 Å². The molecule has 3 heteroatoms. The van der Waals surface area contributed by atoms with Crippen LogP contribution in [0.5, 0.6) is 5.75 Å². The molecule has 0 heterocycles. The molecule has 0 atom stereocenters. The van der Waals surface area contributed by atoms with E-state index in [-0.39, 0.29) is 6.61 Å². The van der Waals surface area contributed by atoms with Gasteiger partial charge in [-0.05, 0) is 43.9 Å². The second-order valence-corrected chi connectivity index (χ2v) is 4.33. The molecule has 0 aliphatic carbocycles.